The first-order chi connectivity index (χ1) is 11.2. The molecular formula is C16H25N3O5. The van der Waals surface area contributed by atoms with Crippen LogP contribution in [0, 0.1) is 5.92 Å². The Bertz CT molecular complexity index is 636. The van der Waals surface area contributed by atoms with Crippen LogP contribution in [-0.4, -0.2) is 34.7 Å². The molecular weight excluding hydrogens is 314 g/mol. The molecule has 0 bridgehead atoms. The first-order valence-electron chi connectivity index (χ1n) is 7.96. The van der Waals surface area contributed by atoms with Gasteiger partial charge in [0.05, 0.1) is 13.2 Å². The van der Waals surface area contributed by atoms with Crippen LogP contribution < -0.4 is 11.4 Å². The maximum atomic E-state index is 12.2. The van der Waals surface area contributed by atoms with Crippen LogP contribution in [0.15, 0.2) is 11.0 Å². The summed E-state index contributed by atoms with van der Waals surface area (Å²) in [5, 5.41) is 0. The van der Waals surface area contributed by atoms with Gasteiger partial charge in [-0.1, -0.05) is 6.92 Å². The van der Waals surface area contributed by atoms with E-state index >= 15 is 0 Å². The zero-order chi connectivity index (χ0) is 18.4. The molecule has 1 heterocycles. The zero-order valence-electron chi connectivity index (χ0n) is 14.7. The lowest BCUT2D eigenvalue weighted by molar-refractivity contribution is -0.162. The van der Waals surface area contributed by atoms with E-state index in [1.54, 1.807) is 20.8 Å². The van der Waals surface area contributed by atoms with E-state index in [2.05, 4.69) is 4.98 Å². The van der Waals surface area contributed by atoms with Gasteiger partial charge in [0.15, 0.2) is 5.92 Å². The van der Waals surface area contributed by atoms with Gasteiger partial charge < -0.3 is 15.2 Å². The third-order valence-electron chi connectivity index (χ3n) is 3.64. The van der Waals surface area contributed by atoms with Crippen molar-refractivity contribution in [3.63, 3.8) is 0 Å². The molecule has 1 unspecified atom stereocenters. The minimum Gasteiger partial charge on any atom is -0.465 e. The Morgan fingerprint density at radius 2 is 1.67 bits per heavy atom. The van der Waals surface area contributed by atoms with Gasteiger partial charge >= 0.3 is 17.6 Å². The van der Waals surface area contributed by atoms with Crippen molar-refractivity contribution in [3.8, 4) is 0 Å². The standard InChI is InChI=1S/C16H25N3O5/c1-6-23-14(20)12(15(21)24-7-2)10(5)11-8-19(9(3)4)16(22)18-13(11)17/h8-10,12H,6-7H2,1-5H3,(H2,17,18,22). The number of carbonyl (C=O) groups excluding carboxylic acids is 2. The predicted molar refractivity (Wildman–Crippen MR) is 88.5 cm³/mol. The summed E-state index contributed by atoms with van der Waals surface area (Å²) >= 11 is 0. The first-order valence-corrected chi connectivity index (χ1v) is 7.96. The molecule has 1 aromatic rings. The number of nitrogen functional groups attached to an aromatic ring is 1. The lowest BCUT2D eigenvalue weighted by atomic mass is 9.88. The second kappa shape index (κ2) is 8.47. The number of nitrogens with two attached hydrogens (primary N) is 1. The van der Waals surface area contributed by atoms with Crippen LogP contribution in [0.3, 0.4) is 0 Å². The molecule has 0 radical (unpaired) electrons. The maximum absolute atomic E-state index is 12.2. The molecule has 134 valence electrons. The summed E-state index contributed by atoms with van der Waals surface area (Å²) in [6.45, 7) is 8.88. The molecule has 24 heavy (non-hydrogen) atoms. The van der Waals surface area contributed by atoms with E-state index in [1.807, 2.05) is 13.8 Å². The highest BCUT2D eigenvalue weighted by molar-refractivity contribution is 5.96. The van der Waals surface area contributed by atoms with Gasteiger partial charge in [-0.15, -0.1) is 0 Å². The maximum Gasteiger partial charge on any atom is 0.349 e. The topological polar surface area (TPSA) is 114 Å². The van der Waals surface area contributed by atoms with E-state index in [-0.39, 0.29) is 25.1 Å². The minimum atomic E-state index is -1.17. The number of hydrogen-bond donors (Lipinski definition) is 1. The minimum absolute atomic E-state index is 0.0111. The van der Waals surface area contributed by atoms with Gasteiger partial charge in [-0.25, -0.2) is 4.79 Å². The Labute approximate surface area is 141 Å². The summed E-state index contributed by atoms with van der Waals surface area (Å²) < 4.78 is 11.4. The Morgan fingerprint density at radius 3 is 2.08 bits per heavy atom. The smallest absolute Gasteiger partial charge is 0.349 e. The number of anilines is 1. The molecule has 2 N–H and O–H groups in total. The average Bonchev–Trinajstić information content (AvgIpc) is 2.47. The van der Waals surface area contributed by atoms with Crippen molar-refractivity contribution in [2.75, 3.05) is 18.9 Å². The predicted octanol–water partition coefficient (Wildman–Crippen LogP) is 1.25. The quantitative estimate of drug-likeness (QED) is 0.587. The van der Waals surface area contributed by atoms with E-state index in [0.717, 1.165) is 0 Å². The number of carbonyl (C=O) groups is 2. The van der Waals surface area contributed by atoms with Gasteiger partial charge in [-0.2, -0.15) is 4.98 Å². The normalized spacial score (nSPS) is 12.3. The lowest BCUT2D eigenvalue weighted by Crippen LogP contribution is -2.34. The van der Waals surface area contributed by atoms with Crippen LogP contribution in [-0.2, 0) is 19.1 Å². The molecule has 0 spiro atoms. The van der Waals surface area contributed by atoms with E-state index in [0.29, 0.717) is 5.56 Å². The molecule has 1 rings (SSSR count). The summed E-state index contributed by atoms with van der Waals surface area (Å²) in [7, 11) is 0. The Kier molecular flexibility index (Phi) is 6.94. The van der Waals surface area contributed by atoms with Gasteiger partial charge in [0.2, 0.25) is 0 Å². The summed E-state index contributed by atoms with van der Waals surface area (Å²) in [6.07, 6.45) is 1.53. The molecule has 1 atom stereocenters. The van der Waals surface area contributed by atoms with Crippen molar-refractivity contribution in [1.29, 1.82) is 0 Å². The van der Waals surface area contributed by atoms with Gasteiger partial charge in [0, 0.05) is 23.7 Å². The second-order valence-electron chi connectivity index (χ2n) is 5.64. The van der Waals surface area contributed by atoms with Gasteiger partial charge in [0.1, 0.15) is 5.82 Å². The molecule has 0 aliphatic heterocycles. The average molecular weight is 339 g/mol. The number of hydrogen-bond acceptors (Lipinski definition) is 7. The molecule has 8 nitrogen and oxygen atoms in total. The Balaban J connectivity index is 3.34. The van der Waals surface area contributed by atoms with Crippen molar-refractivity contribution in [1.82, 2.24) is 9.55 Å². The number of ether oxygens (including phenoxy) is 2. The number of rotatable bonds is 7. The van der Waals surface area contributed by atoms with E-state index in [1.165, 1.54) is 10.8 Å². The van der Waals surface area contributed by atoms with Crippen LogP contribution >= 0.6 is 0 Å². The highest BCUT2D eigenvalue weighted by Crippen LogP contribution is 2.29. The summed E-state index contributed by atoms with van der Waals surface area (Å²) in [5.41, 5.74) is 5.79. The van der Waals surface area contributed by atoms with E-state index in [4.69, 9.17) is 15.2 Å². The third kappa shape index (κ3) is 4.33. The van der Waals surface area contributed by atoms with Crippen LogP contribution in [0.1, 0.15) is 52.1 Å². The molecule has 0 fully saturated rings. The molecule has 1 aromatic heterocycles. The van der Waals surface area contributed by atoms with E-state index < -0.39 is 29.5 Å². The molecule has 0 aliphatic rings. The molecule has 0 aromatic carbocycles. The van der Waals surface area contributed by atoms with Crippen molar-refractivity contribution < 1.29 is 19.1 Å². The first kappa shape index (κ1) is 19.7. The van der Waals surface area contributed by atoms with Crippen LogP contribution in [0.5, 0.6) is 0 Å². The highest BCUT2D eigenvalue weighted by atomic mass is 16.6. The van der Waals surface area contributed by atoms with Crippen molar-refractivity contribution in [2.24, 2.45) is 5.92 Å². The molecule has 0 amide bonds. The summed E-state index contributed by atoms with van der Waals surface area (Å²) in [5.74, 6) is -3.22. The zero-order valence-corrected chi connectivity index (χ0v) is 14.7. The Hall–Kier alpha value is -2.38. The monoisotopic (exact) mass is 339 g/mol. The SMILES string of the molecule is CCOC(=O)C(C(=O)OCC)C(C)c1cn(C(C)C)c(=O)nc1N. The largest absolute Gasteiger partial charge is 0.465 e. The van der Waals surface area contributed by atoms with Crippen molar-refractivity contribution in [2.45, 2.75) is 46.6 Å². The van der Waals surface area contributed by atoms with Crippen molar-refractivity contribution >= 4 is 17.8 Å². The van der Waals surface area contributed by atoms with Crippen LogP contribution in [0.25, 0.3) is 0 Å². The van der Waals surface area contributed by atoms with Crippen LogP contribution in [0.2, 0.25) is 0 Å². The fourth-order valence-corrected chi connectivity index (χ4v) is 2.37. The Morgan fingerprint density at radius 1 is 1.17 bits per heavy atom. The fourth-order valence-electron chi connectivity index (χ4n) is 2.37. The van der Waals surface area contributed by atoms with Crippen molar-refractivity contribution in [3.05, 3.63) is 22.2 Å². The molecule has 0 aliphatic carbocycles. The van der Waals surface area contributed by atoms with Gasteiger partial charge in [-0.3, -0.25) is 14.2 Å². The molecule has 0 saturated carbocycles. The third-order valence-corrected chi connectivity index (χ3v) is 3.64. The second-order valence-corrected chi connectivity index (χ2v) is 5.64. The van der Waals surface area contributed by atoms with Crippen LogP contribution in [0.4, 0.5) is 5.82 Å². The lowest BCUT2D eigenvalue weighted by Gasteiger charge is -2.23. The fraction of sp³-hybridized carbons (Fsp3) is 0.625. The summed E-state index contributed by atoms with van der Waals surface area (Å²) in [4.78, 5) is 40.1. The van der Waals surface area contributed by atoms with Gasteiger partial charge in [0.25, 0.3) is 0 Å². The number of esters is 2. The number of nitrogens with zero attached hydrogens (tertiary/aromatic N) is 2. The highest BCUT2D eigenvalue weighted by Gasteiger charge is 2.37. The van der Waals surface area contributed by atoms with Gasteiger partial charge in [-0.05, 0) is 27.7 Å². The molecule has 0 saturated heterocycles. The molecule has 8 heteroatoms. The van der Waals surface area contributed by atoms with E-state index in [9.17, 15) is 14.4 Å². The summed E-state index contributed by atoms with van der Waals surface area (Å²) in [6, 6.07) is -0.139. The number of aromatic nitrogens is 2.